The Bertz CT molecular complexity index is 758. The van der Waals surface area contributed by atoms with Crippen LogP contribution in [-0.2, 0) is 19.0 Å². The summed E-state index contributed by atoms with van der Waals surface area (Å²) in [5, 5.41) is 10.9. The van der Waals surface area contributed by atoms with Crippen LogP contribution in [0.3, 0.4) is 0 Å². The quantitative estimate of drug-likeness (QED) is 0.357. The Kier molecular flexibility index (Phi) is 8.87. The van der Waals surface area contributed by atoms with E-state index < -0.39 is 0 Å². The zero-order chi connectivity index (χ0) is 19.2. The Morgan fingerprint density at radius 1 is 1.15 bits per heavy atom. The molecule has 0 radical (unpaired) electrons. The minimum atomic E-state index is -0.121. The highest BCUT2D eigenvalue weighted by molar-refractivity contribution is 14.0. The molecule has 2 aromatic rings. The first kappa shape index (κ1) is 23.1. The van der Waals surface area contributed by atoms with Gasteiger partial charge in [-0.25, -0.2) is 0 Å². The van der Waals surface area contributed by atoms with E-state index in [1.54, 1.807) is 27.5 Å². The number of benzene rings is 1. The van der Waals surface area contributed by atoms with E-state index in [0.29, 0.717) is 13.1 Å². The van der Waals surface area contributed by atoms with Crippen molar-refractivity contribution in [2.24, 2.45) is 12.0 Å². The van der Waals surface area contributed by atoms with E-state index in [2.05, 4.69) is 40.6 Å². The number of halogens is 1. The number of hydrogen-bond acceptors (Lipinski definition) is 4. The van der Waals surface area contributed by atoms with Gasteiger partial charge in [0.05, 0.1) is 26.5 Å². The highest BCUT2D eigenvalue weighted by Gasteiger charge is 2.22. The first-order valence-electron chi connectivity index (χ1n) is 8.55. The van der Waals surface area contributed by atoms with E-state index in [1.165, 1.54) is 0 Å². The van der Waals surface area contributed by atoms with Gasteiger partial charge in [-0.05, 0) is 23.8 Å². The summed E-state index contributed by atoms with van der Waals surface area (Å²) < 4.78 is 12.6. The Labute approximate surface area is 178 Å². The molecule has 150 valence electrons. The molecule has 0 aliphatic carbocycles. The summed E-state index contributed by atoms with van der Waals surface area (Å²) in [4.78, 5) is 4.30. The molecule has 2 N–H and O–H groups in total. The van der Waals surface area contributed by atoms with E-state index >= 15 is 0 Å². The van der Waals surface area contributed by atoms with Gasteiger partial charge in [-0.15, -0.1) is 24.0 Å². The SMILES string of the molecule is CN=C(NCc1ccnn1C)NCC(C)(C)c1ccc(OC)c(OC)c1.I. The molecule has 1 heterocycles. The molecule has 27 heavy (non-hydrogen) atoms. The molecule has 0 bridgehead atoms. The fraction of sp³-hybridized carbons (Fsp3) is 0.474. The predicted octanol–water partition coefficient (Wildman–Crippen LogP) is 2.70. The van der Waals surface area contributed by atoms with E-state index in [1.807, 2.05) is 29.9 Å². The second-order valence-corrected chi connectivity index (χ2v) is 6.68. The van der Waals surface area contributed by atoms with Crippen molar-refractivity contribution >= 4 is 29.9 Å². The minimum Gasteiger partial charge on any atom is -0.493 e. The monoisotopic (exact) mass is 487 g/mol. The van der Waals surface area contributed by atoms with Crippen molar-refractivity contribution in [3.05, 3.63) is 41.7 Å². The van der Waals surface area contributed by atoms with Crippen LogP contribution in [0.15, 0.2) is 35.5 Å². The molecule has 0 fully saturated rings. The normalized spacial score (nSPS) is 11.6. The van der Waals surface area contributed by atoms with Crippen molar-refractivity contribution in [2.45, 2.75) is 25.8 Å². The molecule has 0 saturated carbocycles. The maximum absolute atomic E-state index is 5.42. The Morgan fingerprint density at radius 2 is 1.85 bits per heavy atom. The molecule has 0 aliphatic rings. The summed E-state index contributed by atoms with van der Waals surface area (Å²) in [7, 11) is 6.98. The lowest BCUT2D eigenvalue weighted by atomic mass is 9.84. The number of hydrogen-bond donors (Lipinski definition) is 2. The molecule has 0 aliphatic heterocycles. The number of nitrogens with zero attached hydrogens (tertiary/aromatic N) is 3. The fourth-order valence-corrected chi connectivity index (χ4v) is 2.63. The van der Waals surface area contributed by atoms with Crippen LogP contribution < -0.4 is 20.1 Å². The average Bonchev–Trinajstić information content (AvgIpc) is 3.06. The van der Waals surface area contributed by atoms with Crippen LogP contribution in [0.25, 0.3) is 0 Å². The van der Waals surface area contributed by atoms with Crippen molar-refractivity contribution in [1.82, 2.24) is 20.4 Å². The molecule has 0 atom stereocenters. The second kappa shape index (κ2) is 10.4. The third kappa shape index (κ3) is 6.02. The van der Waals surface area contributed by atoms with Crippen molar-refractivity contribution in [2.75, 3.05) is 27.8 Å². The molecule has 0 unspecified atom stereocenters. The highest BCUT2D eigenvalue weighted by Crippen LogP contribution is 2.32. The van der Waals surface area contributed by atoms with Gasteiger partial charge in [-0.1, -0.05) is 19.9 Å². The molecule has 8 heteroatoms. The predicted molar refractivity (Wildman–Crippen MR) is 119 cm³/mol. The smallest absolute Gasteiger partial charge is 0.191 e. The van der Waals surface area contributed by atoms with Crippen LogP contribution >= 0.6 is 24.0 Å². The maximum atomic E-state index is 5.42. The molecule has 7 nitrogen and oxygen atoms in total. The summed E-state index contributed by atoms with van der Waals surface area (Å²) in [6.07, 6.45) is 1.79. The lowest BCUT2D eigenvalue weighted by Crippen LogP contribution is -2.43. The van der Waals surface area contributed by atoms with Crippen LogP contribution in [0.1, 0.15) is 25.1 Å². The van der Waals surface area contributed by atoms with Gasteiger partial charge in [-0.2, -0.15) is 5.10 Å². The standard InChI is InChI=1S/C19H29N5O2.HI/c1-19(2,14-7-8-16(25-5)17(11-14)26-6)13-22-18(20-3)21-12-15-9-10-23-24(15)4;/h7-11H,12-13H2,1-6H3,(H2,20,21,22);1H. The summed E-state index contributed by atoms with van der Waals surface area (Å²) in [6, 6.07) is 8.00. The first-order chi connectivity index (χ1) is 12.4. The first-order valence-corrected chi connectivity index (χ1v) is 8.55. The molecule has 1 aromatic heterocycles. The summed E-state index contributed by atoms with van der Waals surface area (Å²) >= 11 is 0. The molecule has 1 aromatic carbocycles. The van der Waals surface area contributed by atoms with Gasteiger partial charge < -0.3 is 20.1 Å². The molecule has 0 spiro atoms. The number of guanidine groups is 1. The zero-order valence-electron chi connectivity index (χ0n) is 16.9. The zero-order valence-corrected chi connectivity index (χ0v) is 19.2. The van der Waals surface area contributed by atoms with Crippen molar-refractivity contribution in [1.29, 1.82) is 0 Å². The highest BCUT2D eigenvalue weighted by atomic mass is 127. The molecular formula is C19H30IN5O2. The van der Waals surface area contributed by atoms with E-state index in [0.717, 1.165) is 28.7 Å². The third-order valence-corrected chi connectivity index (χ3v) is 4.45. The topological polar surface area (TPSA) is 72.7 Å². The fourth-order valence-electron chi connectivity index (χ4n) is 2.63. The van der Waals surface area contributed by atoms with Crippen molar-refractivity contribution in [3.63, 3.8) is 0 Å². The molecule has 0 saturated heterocycles. The van der Waals surface area contributed by atoms with E-state index in [4.69, 9.17) is 9.47 Å². The number of rotatable bonds is 7. The molecule has 2 rings (SSSR count). The Balaban J connectivity index is 0.00000364. The Hall–Kier alpha value is -1.97. The number of aliphatic imine (C=N–C) groups is 1. The van der Waals surface area contributed by atoms with Crippen LogP contribution in [0.5, 0.6) is 11.5 Å². The van der Waals surface area contributed by atoms with Crippen LogP contribution in [-0.4, -0.2) is 43.6 Å². The van der Waals surface area contributed by atoms with Crippen molar-refractivity contribution in [3.8, 4) is 11.5 Å². The number of methoxy groups -OCH3 is 2. The van der Waals surface area contributed by atoms with E-state index in [9.17, 15) is 0 Å². The van der Waals surface area contributed by atoms with Crippen LogP contribution in [0, 0.1) is 0 Å². The second-order valence-electron chi connectivity index (χ2n) is 6.68. The van der Waals surface area contributed by atoms with Crippen LogP contribution in [0.2, 0.25) is 0 Å². The van der Waals surface area contributed by atoms with Gasteiger partial charge in [0.25, 0.3) is 0 Å². The average molecular weight is 487 g/mol. The number of nitrogens with one attached hydrogen (secondary N) is 2. The van der Waals surface area contributed by atoms with Gasteiger partial charge in [-0.3, -0.25) is 9.67 Å². The van der Waals surface area contributed by atoms with Crippen molar-refractivity contribution < 1.29 is 9.47 Å². The number of ether oxygens (including phenoxy) is 2. The largest absolute Gasteiger partial charge is 0.493 e. The third-order valence-electron chi connectivity index (χ3n) is 4.45. The van der Waals surface area contributed by atoms with Gasteiger partial charge >= 0.3 is 0 Å². The van der Waals surface area contributed by atoms with Gasteiger partial charge in [0.15, 0.2) is 17.5 Å². The van der Waals surface area contributed by atoms with Gasteiger partial charge in [0, 0.05) is 32.3 Å². The molecule has 0 amide bonds. The van der Waals surface area contributed by atoms with Gasteiger partial charge in [0.2, 0.25) is 0 Å². The lowest BCUT2D eigenvalue weighted by Gasteiger charge is -2.27. The van der Waals surface area contributed by atoms with Crippen LogP contribution in [0.4, 0.5) is 0 Å². The summed E-state index contributed by atoms with van der Waals surface area (Å²) in [5.41, 5.74) is 2.13. The lowest BCUT2D eigenvalue weighted by molar-refractivity contribution is 0.353. The molecular weight excluding hydrogens is 457 g/mol. The number of aromatic nitrogens is 2. The summed E-state index contributed by atoms with van der Waals surface area (Å²) in [6.45, 7) is 5.73. The maximum Gasteiger partial charge on any atom is 0.191 e. The Morgan fingerprint density at radius 3 is 2.41 bits per heavy atom. The van der Waals surface area contributed by atoms with E-state index in [-0.39, 0.29) is 29.4 Å². The summed E-state index contributed by atoms with van der Waals surface area (Å²) in [5.74, 6) is 2.21. The minimum absolute atomic E-state index is 0. The number of aryl methyl sites for hydroxylation is 1. The van der Waals surface area contributed by atoms with Gasteiger partial charge in [0.1, 0.15) is 0 Å².